The van der Waals surface area contributed by atoms with Gasteiger partial charge in [-0.05, 0) is 56.7 Å². The summed E-state index contributed by atoms with van der Waals surface area (Å²) >= 11 is 0. The summed E-state index contributed by atoms with van der Waals surface area (Å²) < 4.78 is 0. The van der Waals surface area contributed by atoms with Gasteiger partial charge in [0.15, 0.2) is 0 Å². The quantitative estimate of drug-likeness (QED) is 0.882. The number of hydrogen-bond acceptors (Lipinski definition) is 1. The lowest BCUT2D eigenvalue weighted by Gasteiger charge is -2.38. The normalized spacial score (nSPS) is 22.4. The number of anilines is 1. The van der Waals surface area contributed by atoms with Gasteiger partial charge in [0.2, 0.25) is 0 Å². The Balaban J connectivity index is 1.58. The maximum atomic E-state index is 2.62. The highest BCUT2D eigenvalue weighted by Crippen LogP contribution is 2.22. The van der Waals surface area contributed by atoms with Crippen molar-refractivity contribution in [2.45, 2.75) is 64.8 Å². The minimum Gasteiger partial charge on any atom is -0.360 e. The fraction of sp³-hybridized carbons (Fsp3) is 0.700. The summed E-state index contributed by atoms with van der Waals surface area (Å²) in [6.45, 7) is 9.59. The second-order valence-corrected chi connectivity index (χ2v) is 7.48. The van der Waals surface area contributed by atoms with Gasteiger partial charge in [-0.25, -0.2) is 0 Å². The Morgan fingerprint density at radius 3 is 2.23 bits per heavy atom. The summed E-state index contributed by atoms with van der Waals surface area (Å²) in [4.78, 5) is 4.51. The Hall–Kier alpha value is -1.02. The molecule has 2 nitrogen and oxygen atoms in total. The zero-order chi connectivity index (χ0) is 15.4. The molecule has 0 radical (unpaired) electrons. The van der Waals surface area contributed by atoms with Crippen LogP contribution >= 0.6 is 0 Å². The lowest BCUT2D eigenvalue weighted by atomic mass is 9.95. The lowest BCUT2D eigenvalue weighted by Crippen LogP contribution is -3.18. The Morgan fingerprint density at radius 1 is 0.909 bits per heavy atom. The molecule has 0 atom stereocenters. The van der Waals surface area contributed by atoms with Crippen LogP contribution < -0.4 is 9.80 Å². The molecule has 3 rings (SSSR count). The molecule has 0 bridgehead atoms. The highest BCUT2D eigenvalue weighted by atomic mass is 15.3. The van der Waals surface area contributed by atoms with E-state index in [1.807, 2.05) is 4.90 Å². The van der Waals surface area contributed by atoms with E-state index in [0.717, 1.165) is 6.04 Å². The molecule has 0 amide bonds. The molecule has 1 aromatic rings. The van der Waals surface area contributed by atoms with Crippen LogP contribution in [0.25, 0.3) is 0 Å². The predicted molar refractivity (Wildman–Crippen MR) is 94.9 cm³/mol. The van der Waals surface area contributed by atoms with Crippen LogP contribution in [0.3, 0.4) is 0 Å². The van der Waals surface area contributed by atoms with Crippen LogP contribution in [0.5, 0.6) is 0 Å². The molecule has 0 spiro atoms. The number of rotatable bonds is 2. The number of hydrogen-bond donors (Lipinski definition) is 1. The number of aryl methyl sites for hydroxylation is 2. The number of nitrogens with one attached hydrogen (secondary N) is 1. The molecule has 22 heavy (non-hydrogen) atoms. The first-order valence-corrected chi connectivity index (χ1v) is 9.41. The van der Waals surface area contributed by atoms with E-state index in [2.05, 4.69) is 36.9 Å². The molecular weight excluding hydrogens is 268 g/mol. The molecule has 1 aliphatic carbocycles. The average molecular weight is 301 g/mol. The van der Waals surface area contributed by atoms with E-state index in [1.165, 1.54) is 87.9 Å². The number of piperazine rings is 1. The summed E-state index contributed by atoms with van der Waals surface area (Å²) in [6, 6.07) is 7.82. The Kier molecular flexibility index (Phi) is 5.41. The van der Waals surface area contributed by atoms with Crippen molar-refractivity contribution in [3.05, 3.63) is 29.3 Å². The third kappa shape index (κ3) is 3.84. The first-order chi connectivity index (χ1) is 10.7. The largest absolute Gasteiger partial charge is 0.360 e. The summed E-state index contributed by atoms with van der Waals surface area (Å²) in [5.41, 5.74) is 4.28. The molecule has 1 N–H and O–H groups in total. The second kappa shape index (κ2) is 7.50. The van der Waals surface area contributed by atoms with Gasteiger partial charge in [0.1, 0.15) is 0 Å². The first-order valence-electron chi connectivity index (χ1n) is 9.41. The Labute approximate surface area is 136 Å². The third-order valence-corrected chi connectivity index (χ3v) is 5.79. The molecule has 0 aromatic heterocycles. The van der Waals surface area contributed by atoms with Gasteiger partial charge in [-0.15, -0.1) is 0 Å². The van der Waals surface area contributed by atoms with Crippen LogP contribution in [-0.2, 0) is 0 Å². The van der Waals surface area contributed by atoms with E-state index in [-0.39, 0.29) is 0 Å². The topological polar surface area (TPSA) is 7.68 Å². The van der Waals surface area contributed by atoms with E-state index >= 15 is 0 Å². The zero-order valence-corrected chi connectivity index (χ0v) is 14.5. The number of quaternary nitrogens is 1. The highest BCUT2D eigenvalue weighted by molar-refractivity contribution is 5.55. The highest BCUT2D eigenvalue weighted by Gasteiger charge is 2.27. The first kappa shape index (κ1) is 15.9. The maximum Gasteiger partial charge on any atom is 0.0951 e. The molecule has 1 heterocycles. The molecule has 0 unspecified atom stereocenters. The van der Waals surface area contributed by atoms with Crippen molar-refractivity contribution < 1.29 is 4.90 Å². The minimum absolute atomic E-state index is 0.945. The minimum atomic E-state index is 0.945. The molecule has 1 aromatic carbocycles. The Bertz CT molecular complexity index is 467. The average Bonchev–Trinajstić information content (AvgIpc) is 2.50. The molecule has 1 saturated carbocycles. The van der Waals surface area contributed by atoms with Crippen molar-refractivity contribution in [3.8, 4) is 0 Å². The molecular formula is C20H33N2+. The number of benzene rings is 1. The van der Waals surface area contributed by atoms with Crippen LogP contribution in [0.2, 0.25) is 0 Å². The maximum absolute atomic E-state index is 2.62. The molecule has 2 fully saturated rings. The van der Waals surface area contributed by atoms with E-state index in [9.17, 15) is 0 Å². The van der Waals surface area contributed by atoms with Gasteiger partial charge in [0.25, 0.3) is 0 Å². The van der Waals surface area contributed by atoms with E-state index in [4.69, 9.17) is 0 Å². The van der Waals surface area contributed by atoms with E-state index in [1.54, 1.807) is 0 Å². The summed E-state index contributed by atoms with van der Waals surface area (Å²) in [6.07, 6.45) is 10.3. The van der Waals surface area contributed by atoms with Gasteiger partial charge in [0.05, 0.1) is 32.2 Å². The summed E-state index contributed by atoms with van der Waals surface area (Å²) in [5, 5.41) is 0. The van der Waals surface area contributed by atoms with Crippen molar-refractivity contribution >= 4 is 5.69 Å². The van der Waals surface area contributed by atoms with E-state index < -0.39 is 0 Å². The van der Waals surface area contributed by atoms with Crippen molar-refractivity contribution in [2.75, 3.05) is 31.1 Å². The summed E-state index contributed by atoms with van der Waals surface area (Å²) in [5.74, 6) is 0. The van der Waals surface area contributed by atoms with Crippen LogP contribution in [0, 0.1) is 13.8 Å². The van der Waals surface area contributed by atoms with Crippen molar-refractivity contribution in [2.24, 2.45) is 0 Å². The van der Waals surface area contributed by atoms with Crippen LogP contribution in [0.1, 0.15) is 56.1 Å². The van der Waals surface area contributed by atoms with Crippen LogP contribution in [0.15, 0.2) is 18.2 Å². The van der Waals surface area contributed by atoms with Gasteiger partial charge in [-0.2, -0.15) is 0 Å². The van der Waals surface area contributed by atoms with Crippen molar-refractivity contribution in [1.82, 2.24) is 0 Å². The van der Waals surface area contributed by atoms with Crippen molar-refractivity contribution in [3.63, 3.8) is 0 Å². The van der Waals surface area contributed by atoms with Gasteiger partial charge >= 0.3 is 0 Å². The van der Waals surface area contributed by atoms with Gasteiger partial charge in [-0.1, -0.05) is 31.4 Å². The molecule has 2 heteroatoms. The summed E-state index contributed by atoms with van der Waals surface area (Å²) in [7, 11) is 0. The fourth-order valence-corrected chi connectivity index (χ4v) is 4.37. The molecule has 2 aliphatic rings. The van der Waals surface area contributed by atoms with Crippen LogP contribution in [-0.4, -0.2) is 32.2 Å². The standard InChI is InChI=1S/C20H32N2/c1-17-10-11-18(2)20(16-17)22-14-12-21(13-15-22)19-8-6-4-3-5-7-9-19/h10-11,16,19H,3-9,12-15H2,1-2H3/p+1. The Morgan fingerprint density at radius 2 is 1.55 bits per heavy atom. The van der Waals surface area contributed by atoms with Gasteiger partial charge in [-0.3, -0.25) is 0 Å². The SMILES string of the molecule is Cc1ccc(C)c(N2CC[NH+](C3CCCCCCC3)CC2)c1. The zero-order valence-electron chi connectivity index (χ0n) is 14.5. The van der Waals surface area contributed by atoms with Crippen LogP contribution in [0.4, 0.5) is 5.69 Å². The third-order valence-electron chi connectivity index (χ3n) is 5.79. The lowest BCUT2D eigenvalue weighted by molar-refractivity contribution is -0.926. The second-order valence-electron chi connectivity index (χ2n) is 7.48. The smallest absolute Gasteiger partial charge is 0.0951 e. The molecule has 1 aliphatic heterocycles. The predicted octanol–water partition coefficient (Wildman–Crippen LogP) is 3.12. The molecule has 122 valence electrons. The molecule has 1 saturated heterocycles. The fourth-order valence-electron chi connectivity index (χ4n) is 4.37. The van der Waals surface area contributed by atoms with Crippen molar-refractivity contribution in [1.29, 1.82) is 0 Å². The monoisotopic (exact) mass is 301 g/mol. The van der Waals surface area contributed by atoms with E-state index in [0.29, 0.717) is 0 Å². The van der Waals surface area contributed by atoms with Gasteiger partial charge < -0.3 is 9.80 Å². The number of nitrogens with zero attached hydrogens (tertiary/aromatic N) is 1. The van der Waals surface area contributed by atoms with Gasteiger partial charge in [0, 0.05) is 5.69 Å².